The summed E-state index contributed by atoms with van der Waals surface area (Å²) < 4.78 is 23.2. The number of carbonyl (C=O) groups is 1. The van der Waals surface area contributed by atoms with E-state index >= 15 is 0 Å². The average Bonchev–Trinajstić information content (AvgIpc) is 2.56. The Bertz CT molecular complexity index is 656. The molecular formula is C18H20FNO3. The van der Waals surface area contributed by atoms with Crippen molar-refractivity contribution in [2.75, 3.05) is 19.5 Å². The van der Waals surface area contributed by atoms with Crippen LogP contribution >= 0.6 is 0 Å². The first kappa shape index (κ1) is 16.8. The first-order valence-electron chi connectivity index (χ1n) is 7.38. The Hall–Kier alpha value is -2.56. The van der Waals surface area contributed by atoms with Crippen molar-refractivity contribution in [3.63, 3.8) is 0 Å². The molecule has 0 fully saturated rings. The molecule has 0 aliphatic rings. The molecule has 0 radical (unpaired) electrons. The second kappa shape index (κ2) is 8.17. The van der Waals surface area contributed by atoms with Gasteiger partial charge in [0.1, 0.15) is 5.82 Å². The minimum atomic E-state index is -0.323. The molecule has 0 aromatic heterocycles. The number of methoxy groups -OCH3 is 2. The Labute approximate surface area is 135 Å². The standard InChI is InChI=1S/C18H20FNO3/c1-22-16-11-6-13(12-17(16)23-2)4-3-5-18(21)20-15-9-7-14(19)8-10-15/h6-12H,3-5H2,1-2H3,(H,20,21). The van der Waals surface area contributed by atoms with E-state index in [1.807, 2.05) is 18.2 Å². The fourth-order valence-corrected chi connectivity index (χ4v) is 2.25. The molecule has 0 bridgehead atoms. The molecule has 122 valence electrons. The van der Waals surface area contributed by atoms with Crippen LogP contribution in [0.15, 0.2) is 42.5 Å². The van der Waals surface area contributed by atoms with Gasteiger partial charge in [-0.25, -0.2) is 4.39 Å². The Morgan fingerprint density at radius 2 is 1.74 bits per heavy atom. The van der Waals surface area contributed by atoms with Crippen molar-refractivity contribution < 1.29 is 18.7 Å². The SMILES string of the molecule is COc1ccc(CCCC(=O)Nc2ccc(F)cc2)cc1OC. The van der Waals surface area contributed by atoms with Crippen LogP contribution in [-0.2, 0) is 11.2 Å². The quantitative estimate of drug-likeness (QED) is 0.845. The molecule has 0 aliphatic heterocycles. The van der Waals surface area contributed by atoms with Gasteiger partial charge in [0, 0.05) is 12.1 Å². The molecule has 0 unspecified atom stereocenters. The lowest BCUT2D eigenvalue weighted by Crippen LogP contribution is -2.11. The van der Waals surface area contributed by atoms with Gasteiger partial charge in [-0.2, -0.15) is 0 Å². The molecule has 0 aliphatic carbocycles. The van der Waals surface area contributed by atoms with Gasteiger partial charge in [0.25, 0.3) is 0 Å². The molecule has 0 spiro atoms. The van der Waals surface area contributed by atoms with Crippen LogP contribution in [0.2, 0.25) is 0 Å². The van der Waals surface area contributed by atoms with Gasteiger partial charge in [-0.15, -0.1) is 0 Å². The highest BCUT2D eigenvalue weighted by Crippen LogP contribution is 2.28. The Morgan fingerprint density at radius 1 is 1.04 bits per heavy atom. The largest absolute Gasteiger partial charge is 0.493 e. The van der Waals surface area contributed by atoms with Gasteiger partial charge in [-0.05, 0) is 54.8 Å². The lowest BCUT2D eigenvalue weighted by Gasteiger charge is -2.09. The number of carbonyl (C=O) groups excluding carboxylic acids is 1. The highest BCUT2D eigenvalue weighted by molar-refractivity contribution is 5.90. The van der Waals surface area contributed by atoms with Crippen LogP contribution < -0.4 is 14.8 Å². The van der Waals surface area contributed by atoms with Crippen molar-refractivity contribution in [3.8, 4) is 11.5 Å². The molecule has 1 N–H and O–H groups in total. The lowest BCUT2D eigenvalue weighted by atomic mass is 10.1. The van der Waals surface area contributed by atoms with E-state index in [0.717, 1.165) is 12.0 Å². The highest BCUT2D eigenvalue weighted by atomic mass is 19.1. The van der Waals surface area contributed by atoms with Gasteiger partial charge >= 0.3 is 0 Å². The zero-order valence-electron chi connectivity index (χ0n) is 13.3. The number of rotatable bonds is 7. The van der Waals surface area contributed by atoms with Gasteiger partial charge in [0.2, 0.25) is 5.91 Å². The van der Waals surface area contributed by atoms with Crippen LogP contribution in [0.1, 0.15) is 18.4 Å². The second-order valence-electron chi connectivity index (χ2n) is 5.10. The number of aryl methyl sites for hydroxylation is 1. The van der Waals surface area contributed by atoms with E-state index in [9.17, 15) is 9.18 Å². The predicted molar refractivity (Wildman–Crippen MR) is 87.5 cm³/mol. The normalized spacial score (nSPS) is 10.2. The molecule has 1 amide bonds. The van der Waals surface area contributed by atoms with Gasteiger partial charge in [0.15, 0.2) is 11.5 Å². The summed E-state index contributed by atoms with van der Waals surface area (Å²) in [6.07, 6.45) is 1.87. The van der Waals surface area contributed by atoms with E-state index in [2.05, 4.69) is 5.32 Å². The van der Waals surface area contributed by atoms with Crippen LogP contribution in [0, 0.1) is 5.82 Å². The number of halogens is 1. The van der Waals surface area contributed by atoms with Gasteiger partial charge in [-0.1, -0.05) is 6.07 Å². The summed E-state index contributed by atoms with van der Waals surface area (Å²) in [6.45, 7) is 0. The van der Waals surface area contributed by atoms with Crippen molar-refractivity contribution in [2.24, 2.45) is 0 Å². The van der Waals surface area contributed by atoms with Crippen LogP contribution in [0.25, 0.3) is 0 Å². The molecule has 0 saturated heterocycles. The number of nitrogens with one attached hydrogen (secondary N) is 1. The predicted octanol–water partition coefficient (Wildman–Crippen LogP) is 3.80. The van der Waals surface area contributed by atoms with E-state index in [0.29, 0.717) is 30.0 Å². The summed E-state index contributed by atoms with van der Waals surface area (Å²) in [4.78, 5) is 11.9. The van der Waals surface area contributed by atoms with Crippen molar-refractivity contribution >= 4 is 11.6 Å². The van der Waals surface area contributed by atoms with Gasteiger partial charge in [-0.3, -0.25) is 4.79 Å². The maximum Gasteiger partial charge on any atom is 0.224 e. The number of anilines is 1. The third-order valence-corrected chi connectivity index (χ3v) is 3.45. The smallest absolute Gasteiger partial charge is 0.224 e. The van der Waals surface area contributed by atoms with E-state index in [1.54, 1.807) is 26.4 Å². The molecule has 0 heterocycles. The van der Waals surface area contributed by atoms with Crippen molar-refractivity contribution in [1.29, 1.82) is 0 Å². The molecule has 0 atom stereocenters. The molecule has 2 aromatic rings. The molecule has 5 heteroatoms. The summed E-state index contributed by atoms with van der Waals surface area (Å²) in [5.74, 6) is 0.958. The van der Waals surface area contributed by atoms with E-state index in [4.69, 9.17) is 9.47 Å². The molecule has 2 aromatic carbocycles. The molecular weight excluding hydrogens is 297 g/mol. The Balaban J connectivity index is 1.82. The highest BCUT2D eigenvalue weighted by Gasteiger charge is 2.06. The zero-order valence-corrected chi connectivity index (χ0v) is 13.3. The number of amides is 1. The van der Waals surface area contributed by atoms with E-state index in [-0.39, 0.29) is 11.7 Å². The molecule has 2 rings (SSSR count). The Kier molecular flexibility index (Phi) is 5.97. The van der Waals surface area contributed by atoms with E-state index in [1.165, 1.54) is 12.1 Å². The van der Waals surface area contributed by atoms with Gasteiger partial charge in [0.05, 0.1) is 14.2 Å². The minimum absolute atomic E-state index is 0.0860. The summed E-state index contributed by atoms with van der Waals surface area (Å²) in [5, 5.41) is 2.75. The fourth-order valence-electron chi connectivity index (χ4n) is 2.25. The van der Waals surface area contributed by atoms with E-state index < -0.39 is 0 Å². The van der Waals surface area contributed by atoms with Gasteiger partial charge < -0.3 is 14.8 Å². The fraction of sp³-hybridized carbons (Fsp3) is 0.278. The molecule has 23 heavy (non-hydrogen) atoms. The maximum atomic E-state index is 12.8. The van der Waals surface area contributed by atoms with Crippen LogP contribution in [0.5, 0.6) is 11.5 Å². The molecule has 0 saturated carbocycles. The second-order valence-corrected chi connectivity index (χ2v) is 5.10. The lowest BCUT2D eigenvalue weighted by molar-refractivity contribution is -0.116. The van der Waals surface area contributed by atoms with Crippen molar-refractivity contribution in [3.05, 3.63) is 53.8 Å². The van der Waals surface area contributed by atoms with Crippen molar-refractivity contribution in [2.45, 2.75) is 19.3 Å². The van der Waals surface area contributed by atoms with Crippen LogP contribution in [0.3, 0.4) is 0 Å². The van der Waals surface area contributed by atoms with Crippen LogP contribution in [0.4, 0.5) is 10.1 Å². The summed E-state index contributed by atoms with van der Waals surface area (Å²) >= 11 is 0. The van der Waals surface area contributed by atoms with Crippen LogP contribution in [-0.4, -0.2) is 20.1 Å². The zero-order chi connectivity index (χ0) is 16.7. The third-order valence-electron chi connectivity index (χ3n) is 3.45. The molecule has 4 nitrogen and oxygen atoms in total. The number of benzene rings is 2. The minimum Gasteiger partial charge on any atom is -0.493 e. The maximum absolute atomic E-state index is 12.8. The number of hydrogen-bond acceptors (Lipinski definition) is 3. The summed E-state index contributed by atoms with van der Waals surface area (Å²) in [7, 11) is 3.19. The Morgan fingerprint density at radius 3 is 2.39 bits per heavy atom. The first-order valence-corrected chi connectivity index (χ1v) is 7.38. The average molecular weight is 317 g/mol. The summed E-state index contributed by atoms with van der Waals surface area (Å²) in [5.41, 5.74) is 1.68. The monoisotopic (exact) mass is 317 g/mol. The van der Waals surface area contributed by atoms with Crippen molar-refractivity contribution in [1.82, 2.24) is 0 Å². The third kappa shape index (κ3) is 4.98. The topological polar surface area (TPSA) is 47.6 Å². The summed E-state index contributed by atoms with van der Waals surface area (Å²) in [6, 6.07) is 11.4. The first-order chi connectivity index (χ1) is 11.1. The number of ether oxygens (including phenoxy) is 2. The number of hydrogen-bond donors (Lipinski definition) is 1.